The van der Waals surface area contributed by atoms with Crippen LogP contribution in [0.15, 0.2) is 10.9 Å². The predicted octanol–water partition coefficient (Wildman–Crippen LogP) is 1.83. The van der Waals surface area contributed by atoms with Gasteiger partial charge in [0.15, 0.2) is 11.9 Å². The second-order valence-corrected chi connectivity index (χ2v) is 5.71. The summed E-state index contributed by atoms with van der Waals surface area (Å²) in [5.74, 6) is -1.85. The zero-order chi connectivity index (χ0) is 17.7. The van der Waals surface area contributed by atoms with Crippen LogP contribution in [0, 0.1) is 12.8 Å². The molecule has 1 rings (SSSR count). The van der Waals surface area contributed by atoms with Crippen molar-refractivity contribution in [1.82, 2.24) is 4.98 Å². The number of carbonyl (C=O) groups excluding carboxylic acids is 3. The van der Waals surface area contributed by atoms with Gasteiger partial charge in [-0.2, -0.15) is 0 Å². The molecule has 1 aromatic rings. The van der Waals surface area contributed by atoms with Crippen LogP contribution in [0.25, 0.3) is 0 Å². The number of Topliss-reactive ketones (excluding diaryl/α,β-unsaturated/α-hetero) is 1. The monoisotopic (exact) mass is 323 g/mol. The minimum absolute atomic E-state index is 0.0160. The maximum atomic E-state index is 12.4. The first-order valence-corrected chi connectivity index (χ1v) is 7.24. The van der Waals surface area contributed by atoms with Crippen molar-refractivity contribution >= 4 is 17.7 Å². The first-order valence-electron chi connectivity index (χ1n) is 7.24. The number of hydrogen-bond acceptors (Lipinski definition) is 6. The fourth-order valence-electron chi connectivity index (χ4n) is 2.12. The van der Waals surface area contributed by atoms with E-state index in [1.165, 1.54) is 13.0 Å². The van der Waals surface area contributed by atoms with E-state index in [-0.39, 0.29) is 23.7 Å². The van der Waals surface area contributed by atoms with Crippen LogP contribution in [0.5, 0.6) is 5.75 Å². The average Bonchev–Trinajstić information content (AvgIpc) is 2.34. The molecule has 0 amide bonds. The summed E-state index contributed by atoms with van der Waals surface area (Å²) in [5, 5.41) is 0. The highest BCUT2D eigenvalue weighted by molar-refractivity contribution is 5.87. The molecule has 1 N–H and O–H groups in total. The number of pyridine rings is 1. The van der Waals surface area contributed by atoms with Gasteiger partial charge in [0.25, 0.3) is 5.56 Å². The van der Waals surface area contributed by atoms with Crippen LogP contribution in [0.1, 0.15) is 51.5 Å². The smallest absolute Gasteiger partial charge is 0.308 e. The fraction of sp³-hybridized carbons (Fsp3) is 0.500. The van der Waals surface area contributed by atoms with Crippen LogP contribution in [0.4, 0.5) is 0 Å². The third kappa shape index (κ3) is 5.36. The molecule has 1 aromatic heterocycles. The van der Waals surface area contributed by atoms with E-state index in [0.29, 0.717) is 5.69 Å². The van der Waals surface area contributed by atoms with Gasteiger partial charge in [-0.1, -0.05) is 13.8 Å². The molecule has 0 aliphatic heterocycles. The van der Waals surface area contributed by atoms with Gasteiger partial charge >= 0.3 is 11.9 Å². The molecular weight excluding hydrogens is 302 g/mol. The number of nitrogens with one attached hydrogen (secondary N) is 1. The first kappa shape index (κ1) is 18.6. The summed E-state index contributed by atoms with van der Waals surface area (Å²) in [6, 6.07) is 1.41. The Morgan fingerprint density at radius 3 is 2.26 bits per heavy atom. The zero-order valence-electron chi connectivity index (χ0n) is 13.9. The van der Waals surface area contributed by atoms with Crippen molar-refractivity contribution in [3.8, 4) is 5.75 Å². The minimum Gasteiger partial charge on any atom is -0.449 e. The number of carbonyl (C=O) groups is 3. The maximum Gasteiger partial charge on any atom is 0.308 e. The molecule has 0 radical (unpaired) electrons. The molecule has 126 valence electrons. The quantitative estimate of drug-likeness (QED) is 0.801. The predicted molar refractivity (Wildman–Crippen MR) is 82.1 cm³/mol. The highest BCUT2D eigenvalue weighted by atomic mass is 16.6. The lowest BCUT2D eigenvalue weighted by molar-refractivity contribution is -0.154. The van der Waals surface area contributed by atoms with Gasteiger partial charge in [-0.05, 0) is 12.8 Å². The van der Waals surface area contributed by atoms with E-state index in [1.807, 2.05) is 13.8 Å². The van der Waals surface area contributed by atoms with Crippen molar-refractivity contribution in [2.24, 2.45) is 5.92 Å². The Hall–Kier alpha value is -2.44. The Bertz CT molecular complexity index is 674. The van der Waals surface area contributed by atoms with Gasteiger partial charge in [-0.3, -0.25) is 19.2 Å². The average molecular weight is 323 g/mol. The lowest BCUT2D eigenvalue weighted by Crippen LogP contribution is -2.28. The van der Waals surface area contributed by atoms with Crippen molar-refractivity contribution in [2.75, 3.05) is 0 Å². The van der Waals surface area contributed by atoms with Gasteiger partial charge in [0, 0.05) is 32.0 Å². The molecule has 0 spiro atoms. The van der Waals surface area contributed by atoms with E-state index in [9.17, 15) is 19.2 Å². The summed E-state index contributed by atoms with van der Waals surface area (Å²) in [5.41, 5.74) is -0.357. The van der Waals surface area contributed by atoms with E-state index in [4.69, 9.17) is 9.47 Å². The van der Waals surface area contributed by atoms with Crippen molar-refractivity contribution in [1.29, 1.82) is 0 Å². The van der Waals surface area contributed by atoms with Crippen LogP contribution in [-0.2, 0) is 19.1 Å². The standard InChI is InChI=1S/C16H21NO6/c1-8(2)6-12(20)15(23-11(5)19)14-13(22-10(4)18)7-9(3)17-16(14)21/h7-8,15H,6H2,1-5H3,(H,17,21)/t15-/m0/s1. The summed E-state index contributed by atoms with van der Waals surface area (Å²) in [6.45, 7) is 7.58. The molecule has 7 heteroatoms. The molecule has 0 saturated carbocycles. The molecular formula is C16H21NO6. The summed E-state index contributed by atoms with van der Waals surface area (Å²) in [6.07, 6.45) is -1.29. The molecule has 7 nitrogen and oxygen atoms in total. The van der Waals surface area contributed by atoms with Crippen LogP contribution in [0.2, 0.25) is 0 Å². The Morgan fingerprint density at radius 1 is 1.17 bits per heavy atom. The first-order chi connectivity index (χ1) is 10.6. The van der Waals surface area contributed by atoms with Crippen LogP contribution in [-0.4, -0.2) is 22.7 Å². The number of hydrogen-bond donors (Lipinski definition) is 1. The summed E-state index contributed by atoms with van der Waals surface area (Å²) < 4.78 is 10.1. The molecule has 0 aromatic carbocycles. The fourth-order valence-corrected chi connectivity index (χ4v) is 2.12. The lowest BCUT2D eigenvalue weighted by atomic mass is 9.98. The van der Waals surface area contributed by atoms with Gasteiger partial charge in [-0.25, -0.2) is 0 Å². The number of ether oxygens (including phenoxy) is 2. The number of aryl methyl sites for hydroxylation is 1. The van der Waals surface area contributed by atoms with Crippen LogP contribution in [0.3, 0.4) is 0 Å². The molecule has 0 unspecified atom stereocenters. The van der Waals surface area contributed by atoms with E-state index in [0.717, 1.165) is 6.92 Å². The van der Waals surface area contributed by atoms with Gasteiger partial charge in [0.05, 0.1) is 0 Å². The zero-order valence-corrected chi connectivity index (χ0v) is 13.9. The topological polar surface area (TPSA) is 103 Å². The molecule has 0 aliphatic rings. The number of aromatic nitrogens is 1. The Morgan fingerprint density at radius 2 is 1.78 bits per heavy atom. The molecule has 0 bridgehead atoms. The molecule has 0 saturated heterocycles. The molecule has 23 heavy (non-hydrogen) atoms. The van der Waals surface area contributed by atoms with E-state index >= 15 is 0 Å². The highest BCUT2D eigenvalue weighted by Gasteiger charge is 2.31. The Balaban J connectivity index is 3.44. The van der Waals surface area contributed by atoms with Gasteiger partial charge in [0.1, 0.15) is 11.3 Å². The van der Waals surface area contributed by atoms with E-state index in [2.05, 4.69) is 4.98 Å². The molecule has 0 fully saturated rings. The number of aromatic amines is 1. The van der Waals surface area contributed by atoms with Gasteiger partial charge < -0.3 is 14.5 Å². The summed E-state index contributed by atoms with van der Waals surface area (Å²) >= 11 is 0. The number of esters is 2. The number of ketones is 1. The molecule has 1 atom stereocenters. The van der Waals surface area contributed by atoms with Crippen molar-refractivity contribution < 1.29 is 23.9 Å². The van der Waals surface area contributed by atoms with E-state index in [1.54, 1.807) is 6.92 Å². The van der Waals surface area contributed by atoms with Gasteiger partial charge in [0.2, 0.25) is 0 Å². The summed E-state index contributed by atoms with van der Waals surface area (Å²) in [7, 11) is 0. The highest BCUT2D eigenvalue weighted by Crippen LogP contribution is 2.28. The maximum absolute atomic E-state index is 12.4. The van der Waals surface area contributed by atoms with Crippen LogP contribution >= 0.6 is 0 Å². The SMILES string of the molecule is CC(=O)Oc1cc(C)[nH]c(=O)c1[C@@H](OC(C)=O)C(=O)CC(C)C. The lowest BCUT2D eigenvalue weighted by Gasteiger charge is -2.19. The normalized spacial score (nSPS) is 11.9. The Kier molecular flexibility index (Phi) is 6.24. The van der Waals surface area contributed by atoms with Crippen molar-refractivity contribution in [3.63, 3.8) is 0 Å². The summed E-state index contributed by atoms with van der Waals surface area (Å²) in [4.78, 5) is 49.8. The number of rotatable bonds is 6. The van der Waals surface area contributed by atoms with Crippen molar-refractivity contribution in [2.45, 2.75) is 47.1 Å². The second kappa shape index (κ2) is 7.71. The third-order valence-corrected chi connectivity index (χ3v) is 2.87. The third-order valence-electron chi connectivity index (χ3n) is 2.87. The Labute approximate surface area is 134 Å². The van der Waals surface area contributed by atoms with E-state index < -0.39 is 29.4 Å². The largest absolute Gasteiger partial charge is 0.449 e. The second-order valence-electron chi connectivity index (χ2n) is 5.71. The van der Waals surface area contributed by atoms with Gasteiger partial charge in [-0.15, -0.1) is 0 Å². The minimum atomic E-state index is -1.41. The molecule has 1 heterocycles. The van der Waals surface area contributed by atoms with Crippen LogP contribution < -0.4 is 10.3 Å². The van der Waals surface area contributed by atoms with Crippen molar-refractivity contribution in [3.05, 3.63) is 27.7 Å². The number of H-pyrrole nitrogens is 1. The molecule has 0 aliphatic carbocycles.